The van der Waals surface area contributed by atoms with Crippen LogP contribution in [0.25, 0.3) is 0 Å². The van der Waals surface area contributed by atoms with Gasteiger partial charge in [-0.05, 0) is 69.4 Å². The summed E-state index contributed by atoms with van der Waals surface area (Å²) in [4.78, 5) is 113. The third-order valence-electron chi connectivity index (χ3n) is 11.3. The molecule has 0 bridgehead atoms. The Labute approximate surface area is 388 Å². The molecule has 2 aromatic rings. The van der Waals surface area contributed by atoms with Gasteiger partial charge in [0.2, 0.25) is 47.3 Å². The molecule has 20 nitrogen and oxygen atoms in total. The molecular formula is C45H64N10O10S. The Morgan fingerprint density at radius 1 is 0.712 bits per heavy atom. The van der Waals surface area contributed by atoms with Gasteiger partial charge in [-0.25, -0.2) is 10.3 Å². The van der Waals surface area contributed by atoms with Gasteiger partial charge in [0.15, 0.2) is 0 Å². The van der Waals surface area contributed by atoms with E-state index < -0.39 is 78.5 Å². The number of primary amides is 1. The Morgan fingerprint density at radius 2 is 1.41 bits per heavy atom. The molecule has 21 heteroatoms. The number of hydrogen-bond donors (Lipinski definition) is 11. The van der Waals surface area contributed by atoms with Crippen molar-refractivity contribution < 1.29 is 48.4 Å². The monoisotopic (exact) mass is 936 g/mol. The van der Waals surface area contributed by atoms with Crippen molar-refractivity contribution >= 4 is 65.1 Å². The number of rotatable bonds is 29. The first-order valence-electron chi connectivity index (χ1n) is 22.4. The summed E-state index contributed by atoms with van der Waals surface area (Å²) in [5.41, 5.74) is 8.81. The number of nitrogens with one attached hydrogen (secondary N) is 9. The number of amides is 10. The van der Waals surface area contributed by atoms with Crippen LogP contribution in [-0.4, -0.2) is 119 Å². The molecule has 12 N–H and O–H groups in total. The number of unbranched alkanes of at least 4 members (excludes halogenated alkanes) is 2. The highest BCUT2D eigenvalue weighted by atomic mass is 32.2. The molecule has 10 amide bonds. The van der Waals surface area contributed by atoms with E-state index >= 15 is 0 Å². The van der Waals surface area contributed by atoms with Gasteiger partial charge >= 0.3 is 6.03 Å². The van der Waals surface area contributed by atoms with Crippen molar-refractivity contribution in [1.82, 2.24) is 48.0 Å². The number of nitrogens with two attached hydrogens (primary N) is 1. The van der Waals surface area contributed by atoms with Crippen LogP contribution in [0.4, 0.5) is 4.79 Å². The molecule has 0 aromatic heterocycles. The van der Waals surface area contributed by atoms with Gasteiger partial charge in [0, 0.05) is 42.7 Å². The van der Waals surface area contributed by atoms with Gasteiger partial charge in [0.1, 0.15) is 18.1 Å². The van der Waals surface area contributed by atoms with Crippen LogP contribution in [0, 0.1) is 5.92 Å². The third-order valence-corrected chi connectivity index (χ3v) is 12.8. The predicted molar refractivity (Wildman–Crippen MR) is 245 cm³/mol. The van der Waals surface area contributed by atoms with E-state index in [1.165, 1.54) is 6.92 Å². The third kappa shape index (κ3) is 18.7. The fourth-order valence-corrected chi connectivity index (χ4v) is 9.22. The summed E-state index contributed by atoms with van der Waals surface area (Å²) in [5, 5.41) is 30.8. The Hall–Kier alpha value is -6.22. The summed E-state index contributed by atoms with van der Waals surface area (Å²) >= 11 is 1.84. The molecular weight excluding hydrogens is 873 g/mol. The molecule has 2 aliphatic heterocycles. The van der Waals surface area contributed by atoms with Crippen molar-refractivity contribution in [2.24, 2.45) is 11.7 Å². The largest absolute Gasteiger partial charge is 0.368 e. The average molecular weight is 937 g/mol. The lowest BCUT2D eigenvalue weighted by atomic mass is 9.94. The maximum Gasteiger partial charge on any atom is 0.315 e. The van der Waals surface area contributed by atoms with Gasteiger partial charge in [-0.15, -0.1) is 0 Å². The average Bonchev–Trinajstić information content (AvgIpc) is 3.86. The first-order chi connectivity index (χ1) is 31.7. The van der Waals surface area contributed by atoms with Gasteiger partial charge < -0.3 is 48.3 Å². The van der Waals surface area contributed by atoms with Crippen LogP contribution in [0.1, 0.15) is 82.3 Å². The van der Waals surface area contributed by atoms with Gasteiger partial charge in [-0.2, -0.15) is 11.8 Å². The number of aryl methyl sites for hydroxylation is 1. The number of fused-ring (bicyclic) bond motifs is 1. The van der Waals surface area contributed by atoms with Crippen molar-refractivity contribution in [2.45, 2.75) is 119 Å². The summed E-state index contributed by atoms with van der Waals surface area (Å²) in [7, 11) is 0. The Balaban J connectivity index is 1.13. The Kier molecular flexibility index (Phi) is 22.2. The molecule has 7 atom stereocenters. The number of carbonyl (C=O) groups is 9. The predicted octanol–water partition coefficient (Wildman–Crippen LogP) is -0.0320. The Morgan fingerprint density at radius 3 is 2.11 bits per heavy atom. The second-order valence-electron chi connectivity index (χ2n) is 16.5. The van der Waals surface area contributed by atoms with E-state index in [1.54, 1.807) is 35.8 Å². The number of benzene rings is 2. The molecule has 0 saturated carbocycles. The smallest absolute Gasteiger partial charge is 0.315 e. The molecule has 4 rings (SSSR count). The van der Waals surface area contributed by atoms with Crippen molar-refractivity contribution in [3.8, 4) is 0 Å². The van der Waals surface area contributed by atoms with Gasteiger partial charge in [0.25, 0.3) is 0 Å². The molecule has 66 heavy (non-hydrogen) atoms. The highest BCUT2D eigenvalue weighted by Crippen LogP contribution is 2.33. The van der Waals surface area contributed by atoms with Crippen LogP contribution in [0.15, 0.2) is 60.7 Å². The number of urea groups is 1. The van der Waals surface area contributed by atoms with Crippen LogP contribution in [0.5, 0.6) is 0 Å². The van der Waals surface area contributed by atoms with Gasteiger partial charge in [0.05, 0.1) is 25.2 Å². The summed E-state index contributed by atoms with van der Waals surface area (Å²) in [6.45, 7) is 0.717. The summed E-state index contributed by atoms with van der Waals surface area (Å²) in [6.07, 6.45) is 5.34. The normalized spacial score (nSPS) is 17.8. The summed E-state index contributed by atoms with van der Waals surface area (Å²) in [6, 6.07) is 15.3. The van der Waals surface area contributed by atoms with Crippen LogP contribution in [0.2, 0.25) is 0 Å². The van der Waals surface area contributed by atoms with Crippen LogP contribution >= 0.6 is 11.8 Å². The second kappa shape index (κ2) is 28.0. The van der Waals surface area contributed by atoms with E-state index in [2.05, 4.69) is 42.5 Å². The molecule has 0 spiro atoms. The highest BCUT2D eigenvalue weighted by Gasteiger charge is 2.42. The number of thioether (sulfide) groups is 1. The molecule has 2 fully saturated rings. The minimum atomic E-state index is -1.16. The van der Waals surface area contributed by atoms with E-state index in [0.29, 0.717) is 49.5 Å². The zero-order valence-corrected chi connectivity index (χ0v) is 38.1. The highest BCUT2D eigenvalue weighted by molar-refractivity contribution is 8.00. The van der Waals surface area contributed by atoms with Gasteiger partial charge in [-0.3, -0.25) is 43.6 Å². The van der Waals surface area contributed by atoms with E-state index in [-0.39, 0.29) is 49.7 Å². The fraction of sp³-hybridized carbons (Fsp3) is 0.533. The van der Waals surface area contributed by atoms with E-state index in [4.69, 9.17) is 10.9 Å². The van der Waals surface area contributed by atoms with Crippen LogP contribution in [-0.2, 0) is 51.2 Å². The van der Waals surface area contributed by atoms with Crippen LogP contribution < -0.4 is 53.7 Å². The SMILES string of the molecule is C[C@H](NC(=O)[C@H](Cc1ccccc1)NC(=O)C(CCCc1ccccc1)CC(=O)NO)C(=O)NCC(=O)NCC(=O)N[C@@H](CCCCNC(=O)CCCC[C@@H]1SC[C@@H]2NC(=O)N[C@@H]21)C(N)=O. The Bertz CT molecular complexity index is 1960. The minimum Gasteiger partial charge on any atom is -0.368 e. The minimum absolute atomic E-state index is 0.0553. The quantitative estimate of drug-likeness (QED) is 0.0223. The summed E-state index contributed by atoms with van der Waals surface area (Å²) in [5.74, 6) is -5.01. The lowest BCUT2D eigenvalue weighted by Crippen LogP contribution is -2.55. The van der Waals surface area contributed by atoms with Crippen LogP contribution in [0.3, 0.4) is 0 Å². The summed E-state index contributed by atoms with van der Waals surface area (Å²) < 4.78 is 0. The fourth-order valence-electron chi connectivity index (χ4n) is 7.68. The maximum atomic E-state index is 13.6. The van der Waals surface area contributed by atoms with Gasteiger partial charge in [-0.1, -0.05) is 67.1 Å². The first kappa shape index (κ1) is 52.4. The molecule has 2 aliphatic rings. The lowest BCUT2D eigenvalue weighted by Gasteiger charge is -2.24. The number of hydrogen-bond acceptors (Lipinski definition) is 11. The van der Waals surface area contributed by atoms with E-state index in [0.717, 1.165) is 30.6 Å². The van der Waals surface area contributed by atoms with E-state index in [9.17, 15) is 43.2 Å². The maximum absolute atomic E-state index is 13.6. The molecule has 0 aliphatic carbocycles. The van der Waals surface area contributed by atoms with Crippen molar-refractivity contribution in [1.29, 1.82) is 0 Å². The number of hydroxylamine groups is 1. The zero-order valence-electron chi connectivity index (χ0n) is 37.2. The second-order valence-corrected chi connectivity index (χ2v) is 17.8. The van der Waals surface area contributed by atoms with Crippen molar-refractivity contribution in [3.05, 3.63) is 71.8 Å². The lowest BCUT2D eigenvalue weighted by molar-refractivity contribution is -0.136. The topological polar surface area (TPSA) is 308 Å². The standard InChI is InChI=1S/C45H64N10O10S/c1-28(50-44(63)33(23-30-15-6-3-7-16-30)52-43(62)31(24-37(57)55-65)18-12-17-29-13-4-2-5-14-29)42(61)49-25-38(58)48-26-39(59)51-32(41(46)60)19-10-11-22-47-36(56)21-9-8-20-35-40-34(27-66-35)53-45(64)54-40/h2-7,13-16,28,31-35,40,65H,8-12,17-27H2,1H3,(H2,46,60)(H,47,56)(H,48,58)(H,49,61)(H,50,63)(H,51,59)(H,52,62)(H,55,57)(H2,53,54,64)/t28-,31?,32-,33-,34-,35-,40-/m0/s1. The molecule has 1 unspecified atom stereocenters. The molecule has 2 heterocycles. The van der Waals surface area contributed by atoms with Crippen molar-refractivity contribution in [3.63, 3.8) is 0 Å². The molecule has 2 saturated heterocycles. The van der Waals surface area contributed by atoms with E-state index in [1.807, 2.05) is 42.1 Å². The molecule has 360 valence electrons. The molecule has 0 radical (unpaired) electrons. The number of carbonyl (C=O) groups excluding carboxylic acids is 9. The first-order valence-corrected chi connectivity index (χ1v) is 23.5. The molecule has 2 aromatic carbocycles. The van der Waals surface area contributed by atoms with Crippen molar-refractivity contribution in [2.75, 3.05) is 25.4 Å². The zero-order chi connectivity index (χ0) is 47.8.